The smallest absolute Gasteiger partial charge is 0.191 e. The minimum absolute atomic E-state index is 0.676. The second-order valence-electron chi connectivity index (χ2n) is 5.60. The van der Waals surface area contributed by atoms with Gasteiger partial charge in [0.05, 0.1) is 13.2 Å². The summed E-state index contributed by atoms with van der Waals surface area (Å²) in [5.41, 5.74) is 4.07. The maximum atomic E-state index is 5.06. The molecule has 0 aliphatic carbocycles. The maximum absolute atomic E-state index is 5.06. The molecule has 1 heterocycles. The Morgan fingerprint density at radius 2 is 2.23 bits per heavy atom. The number of hydrogen-bond acceptors (Lipinski definition) is 3. The van der Waals surface area contributed by atoms with Crippen molar-refractivity contribution in [1.82, 2.24) is 10.6 Å². The molecule has 22 heavy (non-hydrogen) atoms. The fourth-order valence-corrected chi connectivity index (χ4v) is 2.72. The molecule has 0 saturated carbocycles. The van der Waals surface area contributed by atoms with E-state index in [1.807, 2.05) is 0 Å². The van der Waals surface area contributed by atoms with E-state index in [1.54, 1.807) is 7.11 Å². The van der Waals surface area contributed by atoms with Gasteiger partial charge in [-0.1, -0.05) is 12.1 Å². The van der Waals surface area contributed by atoms with Crippen molar-refractivity contribution in [1.29, 1.82) is 0 Å². The van der Waals surface area contributed by atoms with Gasteiger partial charge in [0, 0.05) is 39.5 Å². The molecule has 0 aromatic heterocycles. The molecule has 0 atom stereocenters. The van der Waals surface area contributed by atoms with Crippen LogP contribution in [0.2, 0.25) is 0 Å². The first kappa shape index (κ1) is 16.6. The number of anilines is 1. The topological polar surface area (TPSA) is 48.9 Å². The van der Waals surface area contributed by atoms with Crippen molar-refractivity contribution >= 4 is 11.6 Å². The number of rotatable bonds is 6. The monoisotopic (exact) mass is 304 g/mol. The molecule has 1 aliphatic heterocycles. The van der Waals surface area contributed by atoms with Crippen LogP contribution in [-0.4, -0.2) is 46.4 Å². The first-order valence-electron chi connectivity index (χ1n) is 8.08. The van der Waals surface area contributed by atoms with Crippen LogP contribution in [0.25, 0.3) is 0 Å². The molecule has 0 spiro atoms. The molecule has 0 radical (unpaired) electrons. The number of aliphatic imine (C=N–C) groups is 1. The summed E-state index contributed by atoms with van der Waals surface area (Å²) < 4.78 is 5.06. The van der Waals surface area contributed by atoms with Crippen LogP contribution in [0.1, 0.15) is 24.5 Å². The van der Waals surface area contributed by atoms with E-state index in [9.17, 15) is 0 Å². The molecular formula is C17H28N4O. The standard InChI is InChI=1S/C17H28N4O/c1-4-18-17(19-9-11-22-3)20-13-14-7-8-16-15(12-14)6-5-10-21(16)2/h7-8,12H,4-6,9-11,13H2,1-3H3,(H2,18,19,20). The maximum Gasteiger partial charge on any atom is 0.191 e. The van der Waals surface area contributed by atoms with E-state index in [2.05, 4.69) is 52.7 Å². The lowest BCUT2D eigenvalue weighted by atomic mass is 10.00. The van der Waals surface area contributed by atoms with Crippen LogP contribution in [0.5, 0.6) is 0 Å². The van der Waals surface area contributed by atoms with Gasteiger partial charge in [0.1, 0.15) is 0 Å². The highest BCUT2D eigenvalue weighted by Gasteiger charge is 2.13. The van der Waals surface area contributed by atoms with Crippen molar-refractivity contribution in [3.05, 3.63) is 29.3 Å². The number of benzene rings is 1. The van der Waals surface area contributed by atoms with E-state index in [0.717, 1.165) is 25.6 Å². The summed E-state index contributed by atoms with van der Waals surface area (Å²) in [5, 5.41) is 6.52. The largest absolute Gasteiger partial charge is 0.383 e. The highest BCUT2D eigenvalue weighted by molar-refractivity contribution is 5.79. The van der Waals surface area contributed by atoms with E-state index in [4.69, 9.17) is 4.74 Å². The number of hydrogen-bond donors (Lipinski definition) is 2. The molecule has 2 rings (SSSR count). The Hall–Kier alpha value is -1.75. The second kappa shape index (κ2) is 8.63. The first-order valence-corrected chi connectivity index (χ1v) is 8.08. The summed E-state index contributed by atoms with van der Waals surface area (Å²) in [7, 11) is 3.87. The second-order valence-corrected chi connectivity index (χ2v) is 5.60. The van der Waals surface area contributed by atoms with E-state index in [0.29, 0.717) is 13.2 Å². The van der Waals surface area contributed by atoms with Crippen LogP contribution in [0.3, 0.4) is 0 Å². The number of methoxy groups -OCH3 is 1. The molecule has 0 amide bonds. The number of aryl methyl sites for hydroxylation is 1. The SMILES string of the molecule is CCNC(=NCc1ccc2c(c1)CCCN2C)NCCOC. The molecule has 0 fully saturated rings. The van der Waals surface area contributed by atoms with Crippen molar-refractivity contribution in [2.24, 2.45) is 4.99 Å². The van der Waals surface area contributed by atoms with Crippen LogP contribution in [0.15, 0.2) is 23.2 Å². The summed E-state index contributed by atoms with van der Waals surface area (Å²) in [6, 6.07) is 6.71. The predicted octanol–water partition coefficient (Wildman–Crippen LogP) is 1.77. The Morgan fingerprint density at radius 3 is 3.00 bits per heavy atom. The lowest BCUT2D eigenvalue weighted by Gasteiger charge is -2.27. The molecule has 0 unspecified atom stereocenters. The summed E-state index contributed by atoms with van der Waals surface area (Å²) in [4.78, 5) is 6.98. The molecule has 0 saturated heterocycles. The molecule has 122 valence electrons. The Morgan fingerprint density at radius 1 is 1.36 bits per heavy atom. The highest BCUT2D eigenvalue weighted by atomic mass is 16.5. The van der Waals surface area contributed by atoms with Gasteiger partial charge in [0.15, 0.2) is 5.96 Å². The Bertz CT molecular complexity index is 501. The highest BCUT2D eigenvalue weighted by Crippen LogP contribution is 2.26. The number of fused-ring (bicyclic) bond motifs is 1. The van der Waals surface area contributed by atoms with Crippen molar-refractivity contribution in [2.75, 3.05) is 45.3 Å². The van der Waals surface area contributed by atoms with Gasteiger partial charge < -0.3 is 20.3 Å². The van der Waals surface area contributed by atoms with Gasteiger partial charge in [0.2, 0.25) is 0 Å². The third-order valence-corrected chi connectivity index (χ3v) is 3.86. The van der Waals surface area contributed by atoms with Gasteiger partial charge in [-0.25, -0.2) is 4.99 Å². The van der Waals surface area contributed by atoms with Gasteiger partial charge >= 0.3 is 0 Å². The van der Waals surface area contributed by atoms with Crippen LogP contribution in [0, 0.1) is 0 Å². The molecule has 1 aromatic rings. The minimum Gasteiger partial charge on any atom is -0.383 e. The summed E-state index contributed by atoms with van der Waals surface area (Å²) in [6.07, 6.45) is 2.40. The van der Waals surface area contributed by atoms with Gasteiger partial charge in [-0.2, -0.15) is 0 Å². The molecular weight excluding hydrogens is 276 g/mol. The zero-order chi connectivity index (χ0) is 15.8. The molecule has 0 bridgehead atoms. The van der Waals surface area contributed by atoms with Gasteiger partial charge in [-0.3, -0.25) is 0 Å². The lowest BCUT2D eigenvalue weighted by molar-refractivity contribution is 0.203. The zero-order valence-corrected chi connectivity index (χ0v) is 14.0. The van der Waals surface area contributed by atoms with E-state index in [1.165, 1.54) is 29.7 Å². The number of ether oxygens (including phenoxy) is 1. The van der Waals surface area contributed by atoms with E-state index >= 15 is 0 Å². The molecule has 1 aliphatic rings. The van der Waals surface area contributed by atoms with Crippen LogP contribution in [0.4, 0.5) is 5.69 Å². The third kappa shape index (κ3) is 4.63. The third-order valence-electron chi connectivity index (χ3n) is 3.86. The Balaban J connectivity index is 2.00. The van der Waals surface area contributed by atoms with Crippen molar-refractivity contribution in [3.63, 3.8) is 0 Å². The number of guanidine groups is 1. The van der Waals surface area contributed by atoms with Gasteiger partial charge in [-0.05, 0) is 37.0 Å². The van der Waals surface area contributed by atoms with Crippen LogP contribution < -0.4 is 15.5 Å². The predicted molar refractivity (Wildman–Crippen MR) is 92.7 cm³/mol. The summed E-state index contributed by atoms with van der Waals surface area (Å²) in [5.74, 6) is 0.842. The van der Waals surface area contributed by atoms with Gasteiger partial charge in [-0.15, -0.1) is 0 Å². The first-order chi connectivity index (χ1) is 10.7. The van der Waals surface area contributed by atoms with Gasteiger partial charge in [0.25, 0.3) is 0 Å². The molecule has 5 nitrogen and oxygen atoms in total. The number of nitrogens with one attached hydrogen (secondary N) is 2. The minimum atomic E-state index is 0.676. The van der Waals surface area contributed by atoms with E-state index in [-0.39, 0.29) is 0 Å². The van der Waals surface area contributed by atoms with E-state index < -0.39 is 0 Å². The van der Waals surface area contributed by atoms with Crippen molar-refractivity contribution < 1.29 is 4.74 Å². The fourth-order valence-electron chi connectivity index (χ4n) is 2.72. The Kier molecular flexibility index (Phi) is 6.52. The summed E-state index contributed by atoms with van der Waals surface area (Å²) in [6.45, 7) is 6.21. The lowest BCUT2D eigenvalue weighted by Crippen LogP contribution is -2.38. The summed E-state index contributed by atoms with van der Waals surface area (Å²) >= 11 is 0. The van der Waals surface area contributed by atoms with Crippen molar-refractivity contribution in [3.8, 4) is 0 Å². The van der Waals surface area contributed by atoms with Crippen LogP contribution in [-0.2, 0) is 17.7 Å². The molecule has 2 N–H and O–H groups in total. The zero-order valence-electron chi connectivity index (χ0n) is 14.0. The van der Waals surface area contributed by atoms with Crippen LogP contribution >= 0.6 is 0 Å². The average molecular weight is 304 g/mol. The quantitative estimate of drug-likeness (QED) is 0.478. The fraction of sp³-hybridized carbons (Fsp3) is 0.588. The Labute approximate surface area is 133 Å². The van der Waals surface area contributed by atoms with Crippen molar-refractivity contribution in [2.45, 2.75) is 26.3 Å². The normalized spacial score (nSPS) is 14.7. The molecule has 1 aromatic carbocycles. The molecule has 5 heteroatoms. The average Bonchev–Trinajstić information content (AvgIpc) is 2.53. The number of nitrogens with zero attached hydrogens (tertiary/aromatic N) is 2.